The third-order valence-electron chi connectivity index (χ3n) is 4.38. The number of nitrogens with zero attached hydrogens (tertiary/aromatic N) is 1. The Labute approximate surface area is 171 Å². The average Bonchev–Trinajstić information content (AvgIpc) is 2.61. The minimum atomic E-state index is -0.466. The molecule has 5 nitrogen and oxygen atoms in total. The topological polar surface area (TPSA) is 52.6 Å². The summed E-state index contributed by atoms with van der Waals surface area (Å²) in [4.78, 5) is 24.6. The fourth-order valence-corrected chi connectivity index (χ4v) is 3.63. The summed E-state index contributed by atoms with van der Waals surface area (Å²) >= 11 is 1.52. The van der Waals surface area contributed by atoms with Gasteiger partial charge in [0.15, 0.2) is 0 Å². The first kappa shape index (κ1) is 26.2. The van der Waals surface area contributed by atoms with Gasteiger partial charge in [-0.15, -0.1) is 11.8 Å². The van der Waals surface area contributed by atoms with Crippen molar-refractivity contribution in [1.82, 2.24) is 0 Å². The van der Waals surface area contributed by atoms with Gasteiger partial charge in [-0.05, 0) is 24.5 Å². The maximum atomic E-state index is 12.3. The van der Waals surface area contributed by atoms with Gasteiger partial charge in [-0.1, -0.05) is 40.0 Å². The van der Waals surface area contributed by atoms with E-state index in [9.17, 15) is 9.59 Å². The lowest BCUT2D eigenvalue weighted by Crippen LogP contribution is -2.35. The third kappa shape index (κ3) is 14.9. The normalized spacial score (nSPS) is 13.9. The van der Waals surface area contributed by atoms with E-state index in [1.807, 2.05) is 6.92 Å². The van der Waals surface area contributed by atoms with Crippen LogP contribution in [0.3, 0.4) is 0 Å². The number of hydrogen-bond acceptors (Lipinski definition) is 5. The molecule has 0 bridgehead atoms. The predicted octanol–water partition coefficient (Wildman–Crippen LogP) is 4.29. The maximum absolute atomic E-state index is 12.3. The molecule has 0 fully saturated rings. The Morgan fingerprint density at radius 2 is 1.70 bits per heavy atom. The van der Waals surface area contributed by atoms with E-state index in [1.165, 1.54) is 11.8 Å². The fraction of sp³-hybridized carbons (Fsp3) is 0.905. The minimum absolute atomic E-state index is 0.0990. The highest BCUT2D eigenvalue weighted by molar-refractivity contribution is 8.00. The van der Waals surface area contributed by atoms with Crippen LogP contribution in [0.4, 0.5) is 0 Å². The number of carbonyl (C=O) groups is 2. The number of thioether (sulfide) groups is 1. The van der Waals surface area contributed by atoms with E-state index >= 15 is 0 Å². The molecule has 0 aliphatic heterocycles. The standard InChI is InChI=1S/C21H42NO4S/c1-7-10-12-18(9-3)17-26-20(23)16-19(21(24)25-14-8-2)27-15-11-13-22(4,5)6/h18-19H,7-17H2,1-6H3/q+1. The van der Waals surface area contributed by atoms with Gasteiger partial charge in [0.25, 0.3) is 0 Å². The molecular weight excluding hydrogens is 362 g/mol. The van der Waals surface area contributed by atoms with Crippen molar-refractivity contribution in [1.29, 1.82) is 0 Å². The minimum Gasteiger partial charge on any atom is -0.465 e. The molecule has 0 spiro atoms. The highest BCUT2D eigenvalue weighted by Crippen LogP contribution is 2.20. The monoisotopic (exact) mass is 404 g/mol. The first-order valence-corrected chi connectivity index (χ1v) is 11.5. The van der Waals surface area contributed by atoms with Crippen LogP contribution in [0.1, 0.15) is 65.7 Å². The molecule has 0 saturated heterocycles. The van der Waals surface area contributed by atoms with Crippen LogP contribution in [0.2, 0.25) is 0 Å². The molecule has 6 heteroatoms. The Balaban J connectivity index is 4.49. The smallest absolute Gasteiger partial charge is 0.319 e. The highest BCUT2D eigenvalue weighted by atomic mass is 32.2. The zero-order valence-corrected chi connectivity index (χ0v) is 19.2. The van der Waals surface area contributed by atoms with Crippen LogP contribution in [-0.2, 0) is 19.1 Å². The Bertz CT molecular complexity index is 409. The molecule has 160 valence electrons. The van der Waals surface area contributed by atoms with Crippen LogP contribution >= 0.6 is 11.8 Å². The average molecular weight is 405 g/mol. The lowest BCUT2D eigenvalue weighted by Gasteiger charge is -2.24. The molecule has 0 amide bonds. The van der Waals surface area contributed by atoms with Crippen LogP contribution in [0, 0.1) is 5.92 Å². The Morgan fingerprint density at radius 1 is 1.00 bits per heavy atom. The lowest BCUT2D eigenvalue weighted by atomic mass is 10.0. The van der Waals surface area contributed by atoms with Crippen LogP contribution in [-0.4, -0.2) is 68.3 Å². The highest BCUT2D eigenvalue weighted by Gasteiger charge is 2.25. The summed E-state index contributed by atoms with van der Waals surface area (Å²) in [6.45, 7) is 8.15. The lowest BCUT2D eigenvalue weighted by molar-refractivity contribution is -0.870. The van der Waals surface area contributed by atoms with E-state index in [4.69, 9.17) is 9.47 Å². The van der Waals surface area contributed by atoms with Crippen molar-refractivity contribution >= 4 is 23.7 Å². The van der Waals surface area contributed by atoms with Crippen molar-refractivity contribution in [3.05, 3.63) is 0 Å². The Morgan fingerprint density at radius 3 is 2.26 bits per heavy atom. The van der Waals surface area contributed by atoms with E-state index < -0.39 is 5.25 Å². The van der Waals surface area contributed by atoms with Crippen LogP contribution in [0.15, 0.2) is 0 Å². The zero-order chi connectivity index (χ0) is 20.7. The predicted molar refractivity (Wildman–Crippen MR) is 114 cm³/mol. The van der Waals surface area contributed by atoms with E-state index in [2.05, 4.69) is 35.0 Å². The van der Waals surface area contributed by atoms with Gasteiger partial charge in [-0.3, -0.25) is 9.59 Å². The Hall–Kier alpha value is -0.750. The van der Waals surface area contributed by atoms with Gasteiger partial charge in [0.05, 0.1) is 47.3 Å². The second kappa shape index (κ2) is 15.2. The summed E-state index contributed by atoms with van der Waals surface area (Å²) in [7, 11) is 6.45. The molecule has 0 rings (SSSR count). The quantitative estimate of drug-likeness (QED) is 0.218. The molecule has 0 aromatic carbocycles. The SMILES string of the molecule is CCCCC(CC)COC(=O)CC(SCCC[N+](C)(C)C)C(=O)OCCC. The first-order valence-electron chi connectivity index (χ1n) is 10.5. The summed E-state index contributed by atoms with van der Waals surface area (Å²) in [6.07, 6.45) is 6.28. The van der Waals surface area contributed by atoms with Crippen molar-refractivity contribution in [2.24, 2.45) is 5.92 Å². The largest absolute Gasteiger partial charge is 0.465 e. The molecule has 0 radical (unpaired) electrons. The first-order chi connectivity index (χ1) is 12.7. The van der Waals surface area contributed by atoms with Gasteiger partial charge >= 0.3 is 11.9 Å². The molecule has 0 N–H and O–H groups in total. The number of unbranched alkanes of at least 4 members (excludes halogenated alkanes) is 1. The van der Waals surface area contributed by atoms with Crippen molar-refractivity contribution in [3.63, 3.8) is 0 Å². The molecule has 2 unspecified atom stereocenters. The number of esters is 2. The second-order valence-electron chi connectivity index (χ2n) is 8.20. The summed E-state index contributed by atoms with van der Waals surface area (Å²) < 4.78 is 11.6. The summed E-state index contributed by atoms with van der Waals surface area (Å²) in [5.41, 5.74) is 0. The summed E-state index contributed by atoms with van der Waals surface area (Å²) in [5.74, 6) is 0.671. The van der Waals surface area contributed by atoms with Gasteiger partial charge in [-0.2, -0.15) is 0 Å². The van der Waals surface area contributed by atoms with Crippen molar-refractivity contribution in [2.45, 2.75) is 71.0 Å². The number of hydrogen-bond donors (Lipinski definition) is 0. The maximum Gasteiger partial charge on any atom is 0.319 e. The van der Waals surface area contributed by atoms with E-state index in [0.717, 1.165) is 55.3 Å². The third-order valence-corrected chi connectivity index (χ3v) is 5.66. The zero-order valence-electron chi connectivity index (χ0n) is 18.4. The molecule has 0 aliphatic carbocycles. The van der Waals surface area contributed by atoms with Crippen molar-refractivity contribution in [3.8, 4) is 0 Å². The number of quaternary nitrogens is 1. The van der Waals surface area contributed by atoms with Gasteiger partial charge in [-0.25, -0.2) is 0 Å². The van der Waals surface area contributed by atoms with E-state index in [0.29, 0.717) is 19.1 Å². The van der Waals surface area contributed by atoms with Gasteiger partial charge < -0.3 is 14.0 Å². The number of carbonyl (C=O) groups excluding carboxylic acids is 2. The second-order valence-corrected chi connectivity index (χ2v) is 9.51. The molecule has 2 atom stereocenters. The Kier molecular flexibility index (Phi) is 14.8. The van der Waals surface area contributed by atoms with Crippen molar-refractivity contribution < 1.29 is 23.5 Å². The number of rotatable bonds is 16. The van der Waals surface area contributed by atoms with Crippen LogP contribution in [0.25, 0.3) is 0 Å². The molecular formula is C21H42NO4S+. The van der Waals surface area contributed by atoms with Gasteiger partial charge in [0, 0.05) is 6.42 Å². The van der Waals surface area contributed by atoms with Crippen molar-refractivity contribution in [2.75, 3.05) is 46.7 Å². The molecule has 0 aromatic heterocycles. The molecule has 0 aliphatic rings. The van der Waals surface area contributed by atoms with Crippen LogP contribution in [0.5, 0.6) is 0 Å². The summed E-state index contributed by atoms with van der Waals surface area (Å²) in [6, 6.07) is 0. The van der Waals surface area contributed by atoms with E-state index in [-0.39, 0.29) is 18.4 Å². The fourth-order valence-electron chi connectivity index (χ4n) is 2.59. The number of ether oxygens (including phenoxy) is 2. The van der Waals surface area contributed by atoms with Gasteiger partial charge in [0.2, 0.25) is 0 Å². The van der Waals surface area contributed by atoms with Crippen LogP contribution < -0.4 is 0 Å². The molecule has 0 aromatic rings. The molecule has 0 saturated carbocycles. The molecule has 27 heavy (non-hydrogen) atoms. The van der Waals surface area contributed by atoms with Gasteiger partial charge in [0.1, 0.15) is 5.25 Å². The summed E-state index contributed by atoms with van der Waals surface area (Å²) in [5, 5.41) is -0.466. The van der Waals surface area contributed by atoms with E-state index in [1.54, 1.807) is 0 Å². The molecule has 0 heterocycles.